The highest BCUT2D eigenvalue weighted by Crippen LogP contribution is 2.39. The predicted molar refractivity (Wildman–Crippen MR) is 110 cm³/mol. The van der Waals surface area contributed by atoms with E-state index in [4.69, 9.17) is 14.3 Å². The Kier molecular flexibility index (Phi) is 6.56. The molecule has 2 aromatic rings. The van der Waals surface area contributed by atoms with E-state index in [0.29, 0.717) is 0 Å². The van der Waals surface area contributed by atoms with Crippen molar-refractivity contribution < 1.29 is 32.3 Å². The van der Waals surface area contributed by atoms with Crippen molar-refractivity contribution in [2.75, 3.05) is 17.0 Å². The third-order valence-corrected chi connectivity index (χ3v) is 6.14. The van der Waals surface area contributed by atoms with Gasteiger partial charge in [-0.2, -0.15) is 0 Å². The number of amides is 1. The fourth-order valence-electron chi connectivity index (χ4n) is 2.84. The summed E-state index contributed by atoms with van der Waals surface area (Å²) in [5.41, 5.74) is -0.192. The molecule has 31 heavy (non-hydrogen) atoms. The van der Waals surface area contributed by atoms with Gasteiger partial charge in [-0.05, 0) is 38.1 Å². The van der Waals surface area contributed by atoms with Crippen LogP contribution in [0.2, 0.25) is 0 Å². The van der Waals surface area contributed by atoms with E-state index in [0.717, 1.165) is 5.06 Å². The molecule has 1 amide bonds. The highest BCUT2D eigenvalue weighted by atomic mass is 32.2. The van der Waals surface area contributed by atoms with Gasteiger partial charge in [0, 0.05) is 13.1 Å². The fraction of sp³-hybridized carbons (Fsp3) is 0.250. The van der Waals surface area contributed by atoms with Crippen molar-refractivity contribution in [1.82, 2.24) is 4.98 Å². The zero-order valence-electron chi connectivity index (χ0n) is 17.1. The lowest BCUT2D eigenvalue weighted by atomic mass is 10.2. The minimum absolute atomic E-state index is 0.0507. The van der Waals surface area contributed by atoms with Crippen LogP contribution < -0.4 is 10.4 Å². The Balaban J connectivity index is 2.01. The third-order valence-electron chi connectivity index (χ3n) is 4.21. The van der Waals surface area contributed by atoms with E-state index in [9.17, 15) is 18.0 Å². The standard InChI is InChI=1S/C20H21N3O7S/c1-4-28-20(25)29-14(3)30-23-15-9-5-6-10-16(15)31(26,27)13(2)18(23)19(24)22-17-11-7-8-12-21-17/h5-12,14H,4H2,1-3H3,(H,21,22,24). The van der Waals surface area contributed by atoms with Crippen LogP contribution in [0.4, 0.5) is 16.3 Å². The van der Waals surface area contributed by atoms with E-state index in [1.165, 1.54) is 32.2 Å². The molecule has 1 aliphatic heterocycles. The smallest absolute Gasteiger partial charge is 0.435 e. The molecule has 3 rings (SSSR count). The maximum atomic E-state index is 13.1. The molecule has 1 N–H and O–H groups in total. The van der Waals surface area contributed by atoms with Gasteiger partial charge >= 0.3 is 6.16 Å². The molecule has 11 heteroatoms. The Bertz CT molecular complexity index is 1120. The molecular formula is C20H21N3O7S. The summed E-state index contributed by atoms with van der Waals surface area (Å²) in [7, 11) is -3.96. The van der Waals surface area contributed by atoms with Gasteiger partial charge in [0.15, 0.2) is 0 Å². The van der Waals surface area contributed by atoms with Crippen molar-refractivity contribution in [3.8, 4) is 0 Å². The Morgan fingerprint density at radius 2 is 1.87 bits per heavy atom. The lowest BCUT2D eigenvalue weighted by molar-refractivity contribution is -0.123. The highest BCUT2D eigenvalue weighted by Gasteiger charge is 2.39. The number of benzene rings is 1. The number of hydrogen-bond donors (Lipinski definition) is 1. The molecule has 1 atom stereocenters. The minimum atomic E-state index is -3.96. The van der Waals surface area contributed by atoms with E-state index in [-0.39, 0.29) is 33.6 Å². The second-order valence-corrected chi connectivity index (χ2v) is 8.37. The van der Waals surface area contributed by atoms with Gasteiger partial charge in [-0.25, -0.2) is 28.1 Å². The van der Waals surface area contributed by atoms with E-state index < -0.39 is 28.2 Å². The highest BCUT2D eigenvalue weighted by molar-refractivity contribution is 7.95. The van der Waals surface area contributed by atoms with Gasteiger partial charge in [-0.3, -0.25) is 4.79 Å². The van der Waals surface area contributed by atoms with Crippen molar-refractivity contribution in [1.29, 1.82) is 0 Å². The number of hydrogen-bond acceptors (Lipinski definition) is 9. The third kappa shape index (κ3) is 4.67. The van der Waals surface area contributed by atoms with Crippen LogP contribution in [0.1, 0.15) is 20.8 Å². The SMILES string of the molecule is CCOC(=O)OC(C)ON1C(C(=O)Nc2ccccn2)=C(C)S(=O)(=O)c2ccccc21. The fourth-order valence-corrected chi connectivity index (χ4v) is 4.28. The number of carbonyl (C=O) groups is 2. The average molecular weight is 447 g/mol. The summed E-state index contributed by atoms with van der Waals surface area (Å²) in [4.78, 5) is 34.1. The van der Waals surface area contributed by atoms with Gasteiger partial charge in [0.1, 0.15) is 11.5 Å². The van der Waals surface area contributed by atoms with Crippen LogP contribution in [-0.4, -0.2) is 38.4 Å². The Morgan fingerprint density at radius 3 is 2.55 bits per heavy atom. The van der Waals surface area contributed by atoms with Crippen LogP contribution in [0.25, 0.3) is 0 Å². The number of fused-ring (bicyclic) bond motifs is 1. The minimum Gasteiger partial charge on any atom is -0.435 e. The molecule has 0 saturated carbocycles. The summed E-state index contributed by atoms with van der Waals surface area (Å²) in [5, 5.41) is 3.58. The molecule has 0 radical (unpaired) electrons. The Labute approximate surface area is 179 Å². The number of carbonyl (C=O) groups excluding carboxylic acids is 2. The molecular weight excluding hydrogens is 426 g/mol. The average Bonchev–Trinajstić information content (AvgIpc) is 2.73. The summed E-state index contributed by atoms with van der Waals surface area (Å²) >= 11 is 0. The summed E-state index contributed by atoms with van der Waals surface area (Å²) in [5.74, 6) is -0.544. The lowest BCUT2D eigenvalue weighted by Gasteiger charge is -2.33. The summed E-state index contributed by atoms with van der Waals surface area (Å²) in [6.45, 7) is 4.43. The van der Waals surface area contributed by atoms with Gasteiger partial charge < -0.3 is 14.8 Å². The largest absolute Gasteiger partial charge is 0.510 e. The molecule has 1 aliphatic rings. The number of para-hydroxylation sites is 1. The number of nitrogens with zero attached hydrogens (tertiary/aromatic N) is 2. The zero-order chi connectivity index (χ0) is 22.6. The number of anilines is 2. The Morgan fingerprint density at radius 1 is 1.16 bits per heavy atom. The van der Waals surface area contributed by atoms with Gasteiger partial charge in [-0.1, -0.05) is 18.2 Å². The number of rotatable bonds is 6. The molecule has 0 spiro atoms. The summed E-state index contributed by atoms with van der Waals surface area (Å²) < 4.78 is 35.8. The molecule has 0 saturated heterocycles. The quantitative estimate of drug-likeness (QED) is 0.525. The van der Waals surface area contributed by atoms with Crippen molar-refractivity contribution in [3.05, 3.63) is 59.3 Å². The molecule has 10 nitrogen and oxygen atoms in total. The van der Waals surface area contributed by atoms with Crippen molar-refractivity contribution >= 4 is 33.4 Å². The first-order chi connectivity index (χ1) is 14.8. The van der Waals surface area contributed by atoms with Crippen LogP contribution in [-0.2, 0) is 28.9 Å². The molecule has 1 aromatic carbocycles. The molecule has 0 bridgehead atoms. The monoisotopic (exact) mass is 447 g/mol. The Hall–Kier alpha value is -3.44. The zero-order valence-corrected chi connectivity index (χ0v) is 17.9. The normalized spacial score (nSPS) is 15.6. The van der Waals surface area contributed by atoms with E-state index in [1.807, 2.05) is 0 Å². The summed E-state index contributed by atoms with van der Waals surface area (Å²) in [6, 6.07) is 10.9. The van der Waals surface area contributed by atoms with Crippen LogP contribution >= 0.6 is 0 Å². The molecule has 164 valence electrons. The number of hydroxylamine groups is 1. The first kappa shape index (κ1) is 22.2. The van der Waals surface area contributed by atoms with Gasteiger partial charge in [0.05, 0.1) is 22.1 Å². The van der Waals surface area contributed by atoms with Gasteiger partial charge in [-0.15, -0.1) is 0 Å². The maximum Gasteiger partial charge on any atom is 0.510 e. The molecule has 1 aromatic heterocycles. The number of pyridine rings is 1. The van der Waals surface area contributed by atoms with E-state index >= 15 is 0 Å². The van der Waals surface area contributed by atoms with Crippen molar-refractivity contribution in [2.45, 2.75) is 32.0 Å². The van der Waals surface area contributed by atoms with Crippen molar-refractivity contribution in [3.63, 3.8) is 0 Å². The number of sulfone groups is 1. The van der Waals surface area contributed by atoms with Crippen LogP contribution in [0.15, 0.2) is 64.2 Å². The van der Waals surface area contributed by atoms with Crippen LogP contribution in [0.3, 0.4) is 0 Å². The van der Waals surface area contributed by atoms with Gasteiger partial charge in [0.2, 0.25) is 16.1 Å². The number of aromatic nitrogens is 1. The molecule has 2 heterocycles. The first-order valence-corrected chi connectivity index (χ1v) is 10.8. The maximum absolute atomic E-state index is 13.1. The molecule has 1 unspecified atom stereocenters. The van der Waals surface area contributed by atoms with Gasteiger partial charge in [0.25, 0.3) is 5.91 Å². The summed E-state index contributed by atoms with van der Waals surface area (Å²) in [6.07, 6.45) is -0.681. The van der Waals surface area contributed by atoms with Crippen LogP contribution in [0, 0.1) is 0 Å². The van der Waals surface area contributed by atoms with Crippen LogP contribution in [0.5, 0.6) is 0 Å². The lowest BCUT2D eigenvalue weighted by Crippen LogP contribution is -2.40. The molecule has 0 fully saturated rings. The number of ether oxygens (including phenoxy) is 2. The van der Waals surface area contributed by atoms with Crippen molar-refractivity contribution in [2.24, 2.45) is 0 Å². The van der Waals surface area contributed by atoms with E-state index in [2.05, 4.69) is 10.3 Å². The second-order valence-electron chi connectivity index (χ2n) is 6.31. The van der Waals surface area contributed by atoms with E-state index in [1.54, 1.807) is 37.3 Å². The number of nitrogens with one attached hydrogen (secondary N) is 1. The molecule has 0 aliphatic carbocycles. The first-order valence-electron chi connectivity index (χ1n) is 9.33. The topological polar surface area (TPSA) is 124 Å². The number of allylic oxidation sites excluding steroid dienone is 1. The second kappa shape index (κ2) is 9.14. The predicted octanol–water partition coefficient (Wildman–Crippen LogP) is 3.00.